The quantitative estimate of drug-likeness (QED) is 0.775. The summed E-state index contributed by atoms with van der Waals surface area (Å²) in [4.78, 5) is 24.3. The lowest BCUT2D eigenvalue weighted by atomic mass is 10.2. The van der Waals surface area contributed by atoms with Gasteiger partial charge in [0.25, 0.3) is 0 Å². The second kappa shape index (κ2) is 5.68. The normalized spacial score (nSPS) is 21.9. The van der Waals surface area contributed by atoms with Crippen molar-refractivity contribution in [1.29, 1.82) is 0 Å². The minimum Gasteiger partial charge on any atom is -0.480 e. The highest BCUT2D eigenvalue weighted by molar-refractivity contribution is 6.31. The number of urea groups is 1. The Labute approximate surface area is 121 Å². The first-order chi connectivity index (χ1) is 9.38. The first-order valence-corrected chi connectivity index (χ1v) is 6.51. The zero-order valence-electron chi connectivity index (χ0n) is 10.8. The molecule has 2 atom stereocenters. The average Bonchev–Trinajstić information content (AvgIpc) is 2.76. The van der Waals surface area contributed by atoms with E-state index in [-0.39, 0.29) is 13.0 Å². The number of hydrogen-bond acceptors (Lipinski definition) is 3. The van der Waals surface area contributed by atoms with E-state index in [1.54, 1.807) is 25.1 Å². The molecule has 1 aliphatic rings. The molecular weight excluding hydrogens is 284 g/mol. The van der Waals surface area contributed by atoms with Crippen molar-refractivity contribution in [1.82, 2.24) is 4.90 Å². The molecule has 7 heteroatoms. The standard InChI is InChI=1S/C13H15ClN2O4/c1-7-2-3-8(14)4-10(7)15-13(20)16-6-9(17)5-11(16)12(18)19/h2-4,9,11,17H,5-6H2,1H3,(H,15,20)(H,18,19)/t9-,11+/m1/s1. The molecule has 1 saturated heterocycles. The monoisotopic (exact) mass is 298 g/mol. The van der Waals surface area contributed by atoms with Gasteiger partial charge in [-0.2, -0.15) is 0 Å². The van der Waals surface area contributed by atoms with Gasteiger partial charge in [0.05, 0.1) is 6.10 Å². The van der Waals surface area contributed by atoms with Gasteiger partial charge in [-0.25, -0.2) is 9.59 Å². The molecule has 1 aromatic carbocycles. The summed E-state index contributed by atoms with van der Waals surface area (Å²) >= 11 is 5.86. The number of carbonyl (C=O) groups excluding carboxylic acids is 1. The van der Waals surface area contributed by atoms with Gasteiger partial charge >= 0.3 is 12.0 Å². The SMILES string of the molecule is Cc1ccc(Cl)cc1NC(=O)N1C[C@H](O)C[C@H]1C(=O)O. The van der Waals surface area contributed by atoms with Crippen LogP contribution < -0.4 is 5.32 Å². The third-order valence-corrected chi connectivity index (χ3v) is 3.50. The summed E-state index contributed by atoms with van der Waals surface area (Å²) in [7, 11) is 0. The largest absolute Gasteiger partial charge is 0.480 e. The van der Waals surface area contributed by atoms with Gasteiger partial charge in [0.1, 0.15) is 6.04 Å². The van der Waals surface area contributed by atoms with Crippen LogP contribution in [0.25, 0.3) is 0 Å². The van der Waals surface area contributed by atoms with Gasteiger partial charge < -0.3 is 20.4 Å². The number of carboxylic acid groups (broad SMARTS) is 1. The second-order valence-electron chi connectivity index (χ2n) is 4.79. The number of aliphatic carboxylic acids is 1. The van der Waals surface area contributed by atoms with Crippen LogP contribution in [0.4, 0.5) is 10.5 Å². The molecule has 0 saturated carbocycles. The number of amides is 2. The van der Waals surface area contributed by atoms with Gasteiger partial charge in [-0.3, -0.25) is 0 Å². The van der Waals surface area contributed by atoms with Gasteiger partial charge in [-0.05, 0) is 24.6 Å². The number of benzene rings is 1. The van der Waals surface area contributed by atoms with E-state index in [1.807, 2.05) is 0 Å². The lowest BCUT2D eigenvalue weighted by Gasteiger charge is -2.22. The van der Waals surface area contributed by atoms with Crippen molar-refractivity contribution in [2.24, 2.45) is 0 Å². The minimum absolute atomic E-state index is 0.00239. The van der Waals surface area contributed by atoms with Crippen LogP contribution in [-0.4, -0.2) is 45.8 Å². The van der Waals surface area contributed by atoms with Gasteiger partial charge in [0.15, 0.2) is 0 Å². The third-order valence-electron chi connectivity index (χ3n) is 3.27. The van der Waals surface area contributed by atoms with Crippen molar-refractivity contribution in [3.05, 3.63) is 28.8 Å². The van der Waals surface area contributed by atoms with Crippen LogP contribution in [0.1, 0.15) is 12.0 Å². The van der Waals surface area contributed by atoms with E-state index in [1.165, 1.54) is 0 Å². The maximum atomic E-state index is 12.1. The zero-order valence-corrected chi connectivity index (χ0v) is 11.6. The molecule has 0 aliphatic carbocycles. The molecule has 6 nitrogen and oxygen atoms in total. The first-order valence-electron chi connectivity index (χ1n) is 6.13. The minimum atomic E-state index is -1.13. The molecule has 3 N–H and O–H groups in total. The molecule has 20 heavy (non-hydrogen) atoms. The number of rotatable bonds is 2. The Morgan fingerprint density at radius 1 is 1.45 bits per heavy atom. The van der Waals surface area contributed by atoms with E-state index in [0.29, 0.717) is 10.7 Å². The first kappa shape index (κ1) is 14.6. The number of anilines is 1. The molecule has 1 heterocycles. The van der Waals surface area contributed by atoms with Crippen molar-refractivity contribution in [3.63, 3.8) is 0 Å². The topological polar surface area (TPSA) is 89.9 Å². The smallest absolute Gasteiger partial charge is 0.326 e. The Morgan fingerprint density at radius 3 is 2.80 bits per heavy atom. The average molecular weight is 299 g/mol. The zero-order chi connectivity index (χ0) is 14.9. The van der Waals surface area contributed by atoms with Crippen LogP contribution in [0.3, 0.4) is 0 Å². The Bertz CT molecular complexity index is 549. The molecule has 1 aromatic rings. The van der Waals surface area contributed by atoms with Crippen LogP contribution in [0.2, 0.25) is 5.02 Å². The van der Waals surface area contributed by atoms with Gasteiger partial charge in [0, 0.05) is 23.7 Å². The predicted molar refractivity (Wildman–Crippen MR) is 74.0 cm³/mol. The molecule has 0 spiro atoms. The van der Waals surface area contributed by atoms with Gasteiger partial charge in [0.2, 0.25) is 0 Å². The van der Waals surface area contributed by atoms with Crippen molar-refractivity contribution in [3.8, 4) is 0 Å². The van der Waals surface area contributed by atoms with Crippen LogP contribution in [0.15, 0.2) is 18.2 Å². The van der Waals surface area contributed by atoms with Crippen LogP contribution in [0.5, 0.6) is 0 Å². The van der Waals surface area contributed by atoms with E-state index >= 15 is 0 Å². The van der Waals surface area contributed by atoms with Crippen molar-refractivity contribution in [2.75, 3.05) is 11.9 Å². The molecular formula is C13H15ClN2O4. The number of likely N-dealkylation sites (tertiary alicyclic amines) is 1. The van der Waals surface area contributed by atoms with Gasteiger partial charge in [-0.15, -0.1) is 0 Å². The van der Waals surface area contributed by atoms with Crippen molar-refractivity contribution in [2.45, 2.75) is 25.5 Å². The Kier molecular flexibility index (Phi) is 4.15. The third kappa shape index (κ3) is 3.02. The molecule has 0 unspecified atom stereocenters. The van der Waals surface area contributed by atoms with Crippen LogP contribution >= 0.6 is 11.6 Å². The fourth-order valence-corrected chi connectivity index (χ4v) is 2.36. The van der Waals surface area contributed by atoms with Crippen LogP contribution in [-0.2, 0) is 4.79 Å². The second-order valence-corrected chi connectivity index (χ2v) is 5.22. The Hall–Kier alpha value is -1.79. The summed E-state index contributed by atoms with van der Waals surface area (Å²) in [5, 5.41) is 21.7. The summed E-state index contributed by atoms with van der Waals surface area (Å²) in [5.74, 6) is -1.13. The highest BCUT2D eigenvalue weighted by Gasteiger charge is 2.39. The van der Waals surface area contributed by atoms with Crippen molar-refractivity contribution >= 4 is 29.3 Å². The Morgan fingerprint density at radius 2 is 2.15 bits per heavy atom. The number of carbonyl (C=O) groups is 2. The molecule has 0 bridgehead atoms. The molecule has 0 aromatic heterocycles. The summed E-state index contributed by atoms with van der Waals surface area (Å²) in [6.07, 6.45) is -0.778. The highest BCUT2D eigenvalue weighted by Crippen LogP contribution is 2.23. The number of β-amino-alcohol motifs (C(OH)–C–C–N with tert-alkyl or cyclic N) is 1. The maximum Gasteiger partial charge on any atom is 0.326 e. The number of hydrogen-bond donors (Lipinski definition) is 3. The predicted octanol–water partition coefficient (Wildman–Crippen LogP) is 1.70. The lowest BCUT2D eigenvalue weighted by molar-refractivity contribution is -0.141. The van der Waals surface area contributed by atoms with Gasteiger partial charge in [-0.1, -0.05) is 17.7 Å². The summed E-state index contributed by atoms with van der Waals surface area (Å²) in [6, 6.07) is 3.48. The van der Waals surface area contributed by atoms with E-state index < -0.39 is 24.1 Å². The van der Waals surface area contributed by atoms with E-state index in [0.717, 1.165) is 10.5 Å². The van der Waals surface area contributed by atoms with E-state index in [2.05, 4.69) is 5.32 Å². The number of nitrogens with one attached hydrogen (secondary N) is 1. The lowest BCUT2D eigenvalue weighted by Crippen LogP contribution is -2.43. The molecule has 2 rings (SSSR count). The molecule has 1 fully saturated rings. The van der Waals surface area contributed by atoms with Crippen LogP contribution in [0, 0.1) is 6.92 Å². The summed E-state index contributed by atoms with van der Waals surface area (Å²) < 4.78 is 0. The number of carboxylic acids is 1. The maximum absolute atomic E-state index is 12.1. The highest BCUT2D eigenvalue weighted by atomic mass is 35.5. The number of halogens is 1. The molecule has 1 aliphatic heterocycles. The van der Waals surface area contributed by atoms with Crippen molar-refractivity contribution < 1.29 is 19.8 Å². The fraction of sp³-hybridized carbons (Fsp3) is 0.385. The van der Waals surface area contributed by atoms with E-state index in [9.17, 15) is 14.7 Å². The molecule has 2 amide bonds. The molecule has 0 radical (unpaired) electrons. The molecule has 108 valence electrons. The van der Waals surface area contributed by atoms with E-state index in [4.69, 9.17) is 16.7 Å². The summed E-state index contributed by atoms with van der Waals surface area (Å²) in [5.41, 5.74) is 1.34. The Balaban J connectivity index is 2.15. The number of nitrogens with zero attached hydrogens (tertiary/aromatic N) is 1. The number of aliphatic hydroxyl groups is 1. The number of aliphatic hydroxyl groups excluding tert-OH is 1. The summed E-state index contributed by atoms with van der Waals surface area (Å²) in [6.45, 7) is 1.81. The fourth-order valence-electron chi connectivity index (χ4n) is 2.19. The number of aryl methyl sites for hydroxylation is 1.